The lowest BCUT2D eigenvalue weighted by Crippen LogP contribution is -2.41. The van der Waals surface area contributed by atoms with Gasteiger partial charge in [-0.25, -0.2) is 8.42 Å². The molecule has 3 aromatic rings. The van der Waals surface area contributed by atoms with Crippen LogP contribution in [0.5, 0.6) is 0 Å². The van der Waals surface area contributed by atoms with Crippen molar-refractivity contribution < 1.29 is 13.2 Å². The van der Waals surface area contributed by atoms with E-state index >= 15 is 0 Å². The van der Waals surface area contributed by atoms with Crippen molar-refractivity contribution in [1.82, 2.24) is 5.32 Å². The highest BCUT2D eigenvalue weighted by Crippen LogP contribution is 2.35. The standard InChI is InChI=1S/C24H23Cl3N2O3S2/c1-17-8-10-20(11-9-17)34(31,32)29(22-7-3-6-21(26)24(22)27)15-23(30)28-12-13-33-16-18-4-2-5-19(25)14-18/h2-11,14H,12-13,15-16H2,1H3,(H,28,30). The summed E-state index contributed by atoms with van der Waals surface area (Å²) in [4.78, 5) is 12.8. The molecule has 1 amide bonds. The van der Waals surface area contributed by atoms with Gasteiger partial charge >= 0.3 is 0 Å². The first-order chi connectivity index (χ1) is 16.2. The first kappa shape index (κ1) is 26.7. The molecular weight excluding hydrogens is 535 g/mol. The Morgan fingerprint density at radius 3 is 2.41 bits per heavy atom. The monoisotopic (exact) mass is 556 g/mol. The van der Waals surface area contributed by atoms with E-state index in [2.05, 4.69) is 5.32 Å². The molecule has 0 bridgehead atoms. The molecule has 5 nitrogen and oxygen atoms in total. The molecular formula is C24H23Cl3N2O3S2. The largest absolute Gasteiger partial charge is 0.354 e. The lowest BCUT2D eigenvalue weighted by molar-refractivity contribution is -0.119. The van der Waals surface area contributed by atoms with Gasteiger partial charge in [0.05, 0.1) is 20.6 Å². The van der Waals surface area contributed by atoms with Crippen LogP contribution in [0, 0.1) is 6.92 Å². The number of aryl methyl sites for hydroxylation is 1. The first-order valence-electron chi connectivity index (χ1n) is 10.3. The average molecular weight is 558 g/mol. The Balaban J connectivity index is 1.69. The molecule has 0 saturated heterocycles. The van der Waals surface area contributed by atoms with Crippen LogP contribution in [0.2, 0.25) is 15.1 Å². The molecule has 0 aliphatic heterocycles. The number of hydrogen-bond donors (Lipinski definition) is 1. The summed E-state index contributed by atoms with van der Waals surface area (Å²) in [5, 5.41) is 3.72. The maximum absolute atomic E-state index is 13.4. The van der Waals surface area contributed by atoms with Crippen molar-refractivity contribution in [3.8, 4) is 0 Å². The Hall–Kier alpha value is -1.90. The molecule has 34 heavy (non-hydrogen) atoms. The molecule has 3 aromatic carbocycles. The van der Waals surface area contributed by atoms with E-state index in [1.54, 1.807) is 36.0 Å². The van der Waals surface area contributed by atoms with Crippen LogP contribution in [0.3, 0.4) is 0 Å². The number of rotatable bonds is 10. The molecule has 0 atom stereocenters. The van der Waals surface area contributed by atoms with Gasteiger partial charge in [0.15, 0.2) is 0 Å². The number of amides is 1. The van der Waals surface area contributed by atoms with Gasteiger partial charge < -0.3 is 5.32 Å². The molecule has 1 N–H and O–H groups in total. The van der Waals surface area contributed by atoms with Gasteiger partial charge in [0, 0.05) is 23.1 Å². The number of nitrogens with zero attached hydrogens (tertiary/aromatic N) is 1. The number of nitrogens with one attached hydrogen (secondary N) is 1. The number of carbonyl (C=O) groups excluding carboxylic acids is 1. The van der Waals surface area contributed by atoms with Crippen molar-refractivity contribution >= 4 is 68.2 Å². The molecule has 0 aliphatic rings. The Morgan fingerprint density at radius 1 is 1.00 bits per heavy atom. The van der Waals surface area contributed by atoms with E-state index in [9.17, 15) is 13.2 Å². The third-order valence-electron chi connectivity index (χ3n) is 4.82. The zero-order valence-corrected chi connectivity index (χ0v) is 22.2. The molecule has 0 fully saturated rings. The Kier molecular flexibility index (Phi) is 9.56. The molecule has 0 radical (unpaired) electrons. The van der Waals surface area contributed by atoms with Gasteiger partial charge in [-0.15, -0.1) is 0 Å². The minimum absolute atomic E-state index is 0.0546. The quantitative estimate of drug-likeness (QED) is 0.301. The molecule has 0 aliphatic carbocycles. The molecule has 0 saturated carbocycles. The smallest absolute Gasteiger partial charge is 0.264 e. The van der Waals surface area contributed by atoms with E-state index in [-0.39, 0.29) is 20.6 Å². The van der Waals surface area contributed by atoms with Crippen LogP contribution in [0.25, 0.3) is 0 Å². The first-order valence-corrected chi connectivity index (χ1v) is 14.0. The van der Waals surface area contributed by atoms with Gasteiger partial charge in [0.2, 0.25) is 5.91 Å². The van der Waals surface area contributed by atoms with Crippen molar-refractivity contribution in [2.45, 2.75) is 17.6 Å². The maximum Gasteiger partial charge on any atom is 0.264 e. The predicted octanol–water partition coefficient (Wildman–Crippen LogP) is 6.20. The zero-order valence-electron chi connectivity index (χ0n) is 18.3. The molecule has 0 spiro atoms. The van der Waals surface area contributed by atoms with Crippen LogP contribution < -0.4 is 9.62 Å². The number of sulfonamides is 1. The molecule has 0 heterocycles. The second-order valence-electron chi connectivity index (χ2n) is 7.43. The fraction of sp³-hybridized carbons (Fsp3) is 0.208. The van der Waals surface area contributed by atoms with Gasteiger partial charge in [-0.3, -0.25) is 9.10 Å². The van der Waals surface area contributed by atoms with Crippen molar-refractivity contribution in [3.05, 3.63) is 92.9 Å². The highest BCUT2D eigenvalue weighted by atomic mass is 35.5. The number of halogens is 3. The number of carbonyl (C=O) groups is 1. The Morgan fingerprint density at radius 2 is 1.71 bits per heavy atom. The molecule has 10 heteroatoms. The average Bonchev–Trinajstić information content (AvgIpc) is 2.79. The second-order valence-corrected chi connectivity index (χ2v) is 11.6. The summed E-state index contributed by atoms with van der Waals surface area (Å²) >= 11 is 20.1. The van der Waals surface area contributed by atoms with E-state index < -0.39 is 22.5 Å². The normalized spacial score (nSPS) is 11.3. The third-order valence-corrected chi connectivity index (χ3v) is 8.67. The summed E-state index contributed by atoms with van der Waals surface area (Å²) in [5.74, 6) is 0.957. The molecule has 180 valence electrons. The Bertz CT molecular complexity index is 1250. The van der Waals surface area contributed by atoms with Gasteiger partial charge in [-0.1, -0.05) is 70.7 Å². The van der Waals surface area contributed by atoms with Gasteiger partial charge in [0.1, 0.15) is 6.54 Å². The molecule has 0 unspecified atom stereocenters. The molecule has 0 aromatic heterocycles. The van der Waals surface area contributed by atoms with Crippen LogP contribution >= 0.6 is 46.6 Å². The van der Waals surface area contributed by atoms with E-state index in [1.807, 2.05) is 31.2 Å². The van der Waals surface area contributed by atoms with E-state index in [4.69, 9.17) is 34.8 Å². The fourth-order valence-corrected chi connectivity index (χ4v) is 5.99. The van der Waals surface area contributed by atoms with Gasteiger partial charge in [0.25, 0.3) is 10.0 Å². The lowest BCUT2D eigenvalue weighted by Gasteiger charge is -2.25. The third kappa shape index (κ3) is 7.06. The lowest BCUT2D eigenvalue weighted by atomic mass is 10.2. The number of benzene rings is 3. The summed E-state index contributed by atoms with van der Waals surface area (Å²) in [7, 11) is -4.07. The highest BCUT2D eigenvalue weighted by Gasteiger charge is 2.29. The minimum Gasteiger partial charge on any atom is -0.354 e. The van der Waals surface area contributed by atoms with E-state index in [0.29, 0.717) is 17.3 Å². The second kappa shape index (κ2) is 12.2. The predicted molar refractivity (Wildman–Crippen MR) is 143 cm³/mol. The summed E-state index contributed by atoms with van der Waals surface area (Å²) in [5.41, 5.74) is 2.15. The van der Waals surface area contributed by atoms with E-state index in [1.165, 1.54) is 18.2 Å². The number of anilines is 1. The number of thioether (sulfide) groups is 1. The van der Waals surface area contributed by atoms with Crippen molar-refractivity contribution in [2.75, 3.05) is 23.1 Å². The summed E-state index contributed by atoms with van der Waals surface area (Å²) in [6.45, 7) is 1.81. The summed E-state index contributed by atoms with van der Waals surface area (Å²) < 4.78 is 27.9. The van der Waals surface area contributed by atoms with Crippen molar-refractivity contribution in [1.29, 1.82) is 0 Å². The van der Waals surface area contributed by atoms with Gasteiger partial charge in [-0.05, 0) is 48.9 Å². The zero-order chi connectivity index (χ0) is 24.7. The summed E-state index contributed by atoms with van der Waals surface area (Å²) in [6, 6.07) is 18.7. The van der Waals surface area contributed by atoms with Crippen LogP contribution in [-0.2, 0) is 20.6 Å². The highest BCUT2D eigenvalue weighted by molar-refractivity contribution is 7.98. The summed E-state index contributed by atoms with van der Waals surface area (Å²) in [6.07, 6.45) is 0. The van der Waals surface area contributed by atoms with Crippen LogP contribution in [0.15, 0.2) is 71.6 Å². The SMILES string of the molecule is Cc1ccc(S(=O)(=O)N(CC(=O)NCCSCc2cccc(Cl)c2)c2cccc(Cl)c2Cl)cc1. The molecule has 3 rings (SSSR count). The van der Waals surface area contributed by atoms with Crippen LogP contribution in [0.1, 0.15) is 11.1 Å². The number of hydrogen-bond acceptors (Lipinski definition) is 4. The van der Waals surface area contributed by atoms with Crippen molar-refractivity contribution in [3.63, 3.8) is 0 Å². The van der Waals surface area contributed by atoms with Gasteiger partial charge in [-0.2, -0.15) is 11.8 Å². The van der Waals surface area contributed by atoms with Crippen molar-refractivity contribution in [2.24, 2.45) is 0 Å². The van der Waals surface area contributed by atoms with E-state index in [0.717, 1.165) is 21.2 Å². The topological polar surface area (TPSA) is 66.5 Å². The minimum atomic E-state index is -4.07. The Labute approximate surface area is 219 Å². The van der Waals surface area contributed by atoms with Crippen LogP contribution in [0.4, 0.5) is 5.69 Å². The van der Waals surface area contributed by atoms with Crippen LogP contribution in [-0.4, -0.2) is 33.2 Å². The fourth-order valence-electron chi connectivity index (χ4n) is 3.09. The maximum atomic E-state index is 13.4.